The predicted octanol–water partition coefficient (Wildman–Crippen LogP) is 2.92. The van der Waals surface area contributed by atoms with Gasteiger partial charge in [-0.05, 0) is 19.8 Å². The van der Waals surface area contributed by atoms with Crippen molar-refractivity contribution in [1.82, 2.24) is 0 Å². The molecule has 0 atom stereocenters. The second kappa shape index (κ2) is 5.02. The van der Waals surface area contributed by atoms with Crippen LogP contribution in [0.3, 0.4) is 0 Å². The van der Waals surface area contributed by atoms with Crippen LogP contribution in [0.5, 0.6) is 5.75 Å². The number of carbonyl (C=O) groups excluding carboxylic acids is 1. The van der Waals surface area contributed by atoms with Crippen LogP contribution in [0.1, 0.15) is 29.4 Å². The summed E-state index contributed by atoms with van der Waals surface area (Å²) in [5.41, 5.74) is 7.46. The maximum absolute atomic E-state index is 12.1. The number of carbonyl (C=O) groups is 1. The van der Waals surface area contributed by atoms with Crippen LogP contribution >= 0.6 is 11.3 Å². The first-order valence-electron chi connectivity index (χ1n) is 5.93. The lowest BCUT2D eigenvalue weighted by Crippen LogP contribution is -2.02. The Bertz CT molecular complexity index is 489. The second-order valence-electron chi connectivity index (χ2n) is 4.66. The summed E-state index contributed by atoms with van der Waals surface area (Å²) in [7, 11) is 1.57. The van der Waals surface area contributed by atoms with Crippen LogP contribution in [0, 0.1) is 5.92 Å². The first-order valence-corrected chi connectivity index (χ1v) is 6.75. The van der Waals surface area contributed by atoms with Gasteiger partial charge >= 0.3 is 0 Å². The minimum Gasteiger partial charge on any atom is -0.492 e. The van der Waals surface area contributed by atoms with Crippen LogP contribution in [0.4, 0.5) is 10.7 Å². The van der Waals surface area contributed by atoms with Crippen molar-refractivity contribution < 1.29 is 9.53 Å². The van der Waals surface area contributed by atoms with Crippen molar-refractivity contribution in [2.45, 2.75) is 19.8 Å². The normalized spacial score (nSPS) is 14.3. The summed E-state index contributed by atoms with van der Waals surface area (Å²) < 4.78 is 5.28. The van der Waals surface area contributed by atoms with E-state index in [1.165, 1.54) is 11.3 Å². The predicted molar refractivity (Wildman–Crippen MR) is 75.6 cm³/mol. The van der Waals surface area contributed by atoms with E-state index in [9.17, 15) is 4.79 Å². The van der Waals surface area contributed by atoms with E-state index in [1.54, 1.807) is 7.11 Å². The number of methoxy groups -OCH3 is 1. The number of nitrogen functional groups attached to an aromatic ring is 1. The summed E-state index contributed by atoms with van der Waals surface area (Å²) in [6.45, 7) is 6.41. The highest BCUT2D eigenvalue weighted by Gasteiger charge is 2.34. The standard InChI is InChI=1S/C13H18N2O2S/c1-7(2)6-15-13-11(17-3)9(14)12(18-13)10(16)8-4-5-8/h8,15H,1,4-6,14H2,2-3H3. The lowest BCUT2D eigenvalue weighted by molar-refractivity contribution is 0.0972. The molecule has 1 aliphatic carbocycles. The lowest BCUT2D eigenvalue weighted by atomic mass is 10.2. The minimum absolute atomic E-state index is 0.152. The molecule has 1 aromatic heterocycles. The van der Waals surface area contributed by atoms with Gasteiger partial charge < -0.3 is 15.8 Å². The Morgan fingerprint density at radius 2 is 2.28 bits per heavy atom. The Labute approximate surface area is 111 Å². The van der Waals surface area contributed by atoms with Gasteiger partial charge in [-0.3, -0.25) is 4.79 Å². The maximum Gasteiger partial charge on any atom is 0.178 e. The van der Waals surface area contributed by atoms with E-state index in [0.29, 0.717) is 22.9 Å². The van der Waals surface area contributed by atoms with Gasteiger partial charge in [0, 0.05) is 12.5 Å². The molecule has 0 bridgehead atoms. The van der Waals surface area contributed by atoms with Crippen LogP contribution in [0.15, 0.2) is 12.2 Å². The van der Waals surface area contributed by atoms with Crippen molar-refractivity contribution in [3.05, 3.63) is 17.0 Å². The van der Waals surface area contributed by atoms with Crippen LogP contribution in [0.2, 0.25) is 0 Å². The van der Waals surface area contributed by atoms with Crippen molar-refractivity contribution in [3.63, 3.8) is 0 Å². The summed E-state index contributed by atoms with van der Waals surface area (Å²) in [5, 5.41) is 4.01. The molecule has 18 heavy (non-hydrogen) atoms. The van der Waals surface area contributed by atoms with E-state index >= 15 is 0 Å². The van der Waals surface area contributed by atoms with Gasteiger partial charge in [0.25, 0.3) is 0 Å². The third-order valence-electron chi connectivity index (χ3n) is 2.83. The van der Waals surface area contributed by atoms with Crippen molar-refractivity contribution in [3.8, 4) is 5.75 Å². The van der Waals surface area contributed by atoms with Gasteiger partial charge in [-0.2, -0.15) is 0 Å². The van der Waals surface area contributed by atoms with Crippen molar-refractivity contribution >= 4 is 27.8 Å². The number of hydrogen-bond donors (Lipinski definition) is 2. The second-order valence-corrected chi connectivity index (χ2v) is 5.68. The molecular formula is C13H18N2O2S. The molecule has 1 aromatic rings. The highest BCUT2D eigenvalue weighted by Crippen LogP contribution is 2.46. The number of thiophene rings is 1. The summed E-state index contributed by atoms with van der Waals surface area (Å²) in [6.07, 6.45) is 1.96. The molecule has 0 aliphatic heterocycles. The Morgan fingerprint density at radius 1 is 1.61 bits per heavy atom. The number of Topliss-reactive ketones (excluding diaryl/α,β-unsaturated/α-hetero) is 1. The van der Waals surface area contributed by atoms with E-state index in [1.807, 2.05) is 6.92 Å². The first-order chi connectivity index (χ1) is 8.54. The van der Waals surface area contributed by atoms with E-state index in [4.69, 9.17) is 10.5 Å². The van der Waals surface area contributed by atoms with Gasteiger partial charge in [0.15, 0.2) is 11.5 Å². The fourth-order valence-corrected chi connectivity index (χ4v) is 2.80. The lowest BCUT2D eigenvalue weighted by Gasteiger charge is -2.06. The van der Waals surface area contributed by atoms with Crippen LogP contribution < -0.4 is 15.8 Å². The molecule has 0 amide bonds. The summed E-state index contributed by atoms with van der Waals surface area (Å²) in [5.74, 6) is 0.897. The largest absolute Gasteiger partial charge is 0.492 e. The van der Waals surface area contributed by atoms with Gasteiger partial charge in [0.05, 0.1) is 17.7 Å². The maximum atomic E-state index is 12.1. The summed E-state index contributed by atoms with van der Waals surface area (Å²) >= 11 is 1.38. The summed E-state index contributed by atoms with van der Waals surface area (Å²) in [6, 6.07) is 0. The molecule has 0 aromatic carbocycles. The number of hydrogen-bond acceptors (Lipinski definition) is 5. The third-order valence-corrected chi connectivity index (χ3v) is 3.99. The zero-order valence-corrected chi connectivity index (χ0v) is 11.5. The van der Waals surface area contributed by atoms with Gasteiger partial charge in [0.2, 0.25) is 0 Å². The zero-order valence-electron chi connectivity index (χ0n) is 10.7. The number of nitrogens with two attached hydrogens (primary N) is 1. The van der Waals surface area contributed by atoms with Crippen molar-refractivity contribution in [1.29, 1.82) is 0 Å². The molecule has 0 spiro atoms. The fourth-order valence-electron chi connectivity index (χ4n) is 1.69. The molecule has 0 radical (unpaired) electrons. The Morgan fingerprint density at radius 3 is 2.78 bits per heavy atom. The highest BCUT2D eigenvalue weighted by atomic mass is 32.1. The summed E-state index contributed by atoms with van der Waals surface area (Å²) in [4.78, 5) is 12.7. The number of ether oxygens (including phenoxy) is 1. The highest BCUT2D eigenvalue weighted by molar-refractivity contribution is 7.19. The average molecular weight is 266 g/mol. The molecule has 4 nitrogen and oxygen atoms in total. The third kappa shape index (κ3) is 2.51. The molecule has 0 saturated heterocycles. The molecule has 1 saturated carbocycles. The smallest absolute Gasteiger partial charge is 0.178 e. The van der Waals surface area contributed by atoms with Crippen molar-refractivity contribution in [2.24, 2.45) is 5.92 Å². The SMILES string of the molecule is C=C(C)CNc1sc(C(=O)C2CC2)c(N)c1OC. The Kier molecular flexibility index (Phi) is 3.61. The monoisotopic (exact) mass is 266 g/mol. The molecule has 3 N–H and O–H groups in total. The van der Waals surface area contributed by atoms with E-state index < -0.39 is 0 Å². The van der Waals surface area contributed by atoms with Gasteiger partial charge in [-0.1, -0.05) is 12.2 Å². The molecule has 1 heterocycles. The molecular weight excluding hydrogens is 248 g/mol. The van der Waals surface area contributed by atoms with Crippen LogP contribution in [0.25, 0.3) is 0 Å². The molecule has 5 heteroatoms. The molecule has 0 unspecified atom stereocenters. The quantitative estimate of drug-likeness (QED) is 0.614. The first kappa shape index (κ1) is 13.0. The van der Waals surface area contributed by atoms with Crippen molar-refractivity contribution in [2.75, 3.05) is 24.7 Å². The molecule has 2 rings (SSSR count). The molecule has 1 aliphatic rings. The van der Waals surface area contributed by atoms with Crippen LogP contribution in [-0.2, 0) is 0 Å². The molecule has 98 valence electrons. The van der Waals surface area contributed by atoms with E-state index in [0.717, 1.165) is 23.4 Å². The van der Waals surface area contributed by atoms with Gasteiger partial charge in [0.1, 0.15) is 5.00 Å². The number of rotatable bonds is 6. The van der Waals surface area contributed by atoms with E-state index in [-0.39, 0.29) is 11.7 Å². The topological polar surface area (TPSA) is 64.4 Å². The zero-order chi connectivity index (χ0) is 13.3. The fraction of sp³-hybridized carbons (Fsp3) is 0.462. The number of anilines is 2. The van der Waals surface area contributed by atoms with Crippen LogP contribution in [-0.4, -0.2) is 19.4 Å². The number of ketones is 1. The van der Waals surface area contributed by atoms with E-state index in [2.05, 4.69) is 11.9 Å². The minimum atomic E-state index is 0.152. The molecule has 1 fully saturated rings. The van der Waals surface area contributed by atoms with Gasteiger partial charge in [-0.25, -0.2) is 0 Å². The Balaban J connectivity index is 2.25. The number of nitrogens with one attached hydrogen (secondary N) is 1. The van der Waals surface area contributed by atoms with Gasteiger partial charge in [-0.15, -0.1) is 11.3 Å². The Hall–Kier alpha value is -1.49. The average Bonchev–Trinajstić information content (AvgIpc) is 3.11.